The molecule has 5 rings (SSSR count). The highest BCUT2D eigenvalue weighted by atomic mass is 16.5. The van der Waals surface area contributed by atoms with Crippen LogP contribution >= 0.6 is 0 Å². The fourth-order valence-corrected chi connectivity index (χ4v) is 4.47. The lowest BCUT2D eigenvalue weighted by Crippen LogP contribution is -2.52. The molecule has 0 saturated carbocycles. The Balaban J connectivity index is 1.49. The molecular formula is C25H24N4O7. The van der Waals surface area contributed by atoms with Crippen LogP contribution in [0.4, 0.5) is 4.79 Å². The molecule has 0 bridgehead atoms. The molecule has 2 atom stereocenters. The van der Waals surface area contributed by atoms with Crippen molar-refractivity contribution in [2.24, 2.45) is 0 Å². The van der Waals surface area contributed by atoms with E-state index >= 15 is 0 Å². The molecule has 0 aliphatic carbocycles. The van der Waals surface area contributed by atoms with Crippen molar-refractivity contribution in [3.8, 4) is 5.75 Å². The van der Waals surface area contributed by atoms with Gasteiger partial charge in [-0.05, 0) is 42.8 Å². The van der Waals surface area contributed by atoms with Crippen LogP contribution in [0.15, 0.2) is 46.9 Å². The first-order valence-electron chi connectivity index (χ1n) is 11.3. The molecule has 0 unspecified atom stereocenters. The summed E-state index contributed by atoms with van der Waals surface area (Å²) < 4.78 is 11.2. The lowest BCUT2D eigenvalue weighted by atomic mass is 9.95. The first-order valence-corrected chi connectivity index (χ1v) is 11.3. The number of carbonyl (C=O) groups is 4. The minimum atomic E-state index is -1.66. The van der Waals surface area contributed by atoms with Crippen molar-refractivity contribution in [3.05, 3.63) is 64.9 Å². The third kappa shape index (κ3) is 3.83. The number of hydrogen-bond donors (Lipinski definition) is 4. The SMILES string of the molecule is COc1ccc2c(c1)C(=O)N(C[C@@]1(c3cc4ccc(C(=O)N[C@@H](C)CO)cc4o3)NC(=O)NC1=O)C2. The number of methoxy groups -OCH3 is 1. The Kier molecular flexibility index (Phi) is 5.64. The summed E-state index contributed by atoms with van der Waals surface area (Å²) in [6.07, 6.45) is 0. The van der Waals surface area contributed by atoms with Crippen molar-refractivity contribution in [2.45, 2.75) is 25.0 Å². The monoisotopic (exact) mass is 492 g/mol. The van der Waals surface area contributed by atoms with Crippen molar-refractivity contribution in [3.63, 3.8) is 0 Å². The van der Waals surface area contributed by atoms with E-state index in [-0.39, 0.29) is 31.4 Å². The Labute approximate surface area is 205 Å². The number of nitrogens with zero attached hydrogens (tertiary/aromatic N) is 1. The van der Waals surface area contributed by atoms with Crippen LogP contribution in [-0.2, 0) is 16.9 Å². The van der Waals surface area contributed by atoms with Gasteiger partial charge in [-0.2, -0.15) is 0 Å². The van der Waals surface area contributed by atoms with Crippen LogP contribution in [0.5, 0.6) is 5.75 Å². The lowest BCUT2D eigenvalue weighted by molar-refractivity contribution is -0.125. The number of benzene rings is 2. The summed E-state index contributed by atoms with van der Waals surface area (Å²) in [4.78, 5) is 52.4. The smallest absolute Gasteiger partial charge is 0.322 e. The second-order valence-electron chi connectivity index (χ2n) is 8.92. The molecular weight excluding hydrogens is 468 g/mol. The fraction of sp³-hybridized carbons (Fsp3) is 0.280. The number of ether oxygens (including phenoxy) is 1. The van der Waals surface area contributed by atoms with Gasteiger partial charge >= 0.3 is 6.03 Å². The number of aliphatic hydroxyl groups excluding tert-OH is 1. The summed E-state index contributed by atoms with van der Waals surface area (Å²) in [5.74, 6) is -0.679. The van der Waals surface area contributed by atoms with E-state index in [2.05, 4.69) is 16.0 Å². The number of amides is 5. The molecule has 1 fully saturated rings. The number of furan rings is 1. The summed E-state index contributed by atoms with van der Waals surface area (Å²) in [7, 11) is 1.51. The van der Waals surface area contributed by atoms with Gasteiger partial charge in [0.2, 0.25) is 0 Å². The third-order valence-corrected chi connectivity index (χ3v) is 6.42. The van der Waals surface area contributed by atoms with Crippen molar-refractivity contribution in [2.75, 3.05) is 20.3 Å². The molecule has 11 nitrogen and oxygen atoms in total. The number of fused-ring (bicyclic) bond motifs is 2. The minimum absolute atomic E-state index is 0.128. The Morgan fingerprint density at radius 2 is 2.03 bits per heavy atom. The minimum Gasteiger partial charge on any atom is -0.497 e. The Hall–Kier alpha value is -4.38. The van der Waals surface area contributed by atoms with E-state index < -0.39 is 29.4 Å². The van der Waals surface area contributed by atoms with Gasteiger partial charge in [-0.25, -0.2) is 4.79 Å². The van der Waals surface area contributed by atoms with Gasteiger partial charge in [-0.3, -0.25) is 19.7 Å². The number of rotatable bonds is 7. The van der Waals surface area contributed by atoms with E-state index in [0.29, 0.717) is 27.8 Å². The normalized spacial score (nSPS) is 19.8. The molecule has 1 aromatic heterocycles. The highest BCUT2D eigenvalue weighted by molar-refractivity contribution is 6.08. The fourth-order valence-electron chi connectivity index (χ4n) is 4.47. The van der Waals surface area contributed by atoms with Crippen LogP contribution in [0, 0.1) is 0 Å². The molecule has 11 heteroatoms. The highest BCUT2D eigenvalue weighted by Crippen LogP contribution is 2.35. The second kappa shape index (κ2) is 8.68. The summed E-state index contributed by atoms with van der Waals surface area (Å²) in [5.41, 5.74) is 0.205. The molecule has 186 valence electrons. The zero-order chi connectivity index (χ0) is 25.6. The quantitative estimate of drug-likeness (QED) is 0.363. The van der Waals surface area contributed by atoms with E-state index in [1.165, 1.54) is 18.1 Å². The Morgan fingerprint density at radius 3 is 2.72 bits per heavy atom. The molecule has 3 aromatic rings. The number of imide groups is 1. The number of hydrogen-bond acceptors (Lipinski definition) is 7. The first kappa shape index (κ1) is 23.4. The summed E-state index contributed by atoms with van der Waals surface area (Å²) in [6, 6.07) is 10.4. The van der Waals surface area contributed by atoms with Crippen LogP contribution in [0.3, 0.4) is 0 Å². The molecule has 1 saturated heterocycles. The number of nitrogens with one attached hydrogen (secondary N) is 3. The zero-order valence-electron chi connectivity index (χ0n) is 19.6. The summed E-state index contributed by atoms with van der Waals surface area (Å²) in [6.45, 7) is 1.54. The van der Waals surface area contributed by atoms with Gasteiger partial charge in [0.1, 0.15) is 17.1 Å². The summed E-state index contributed by atoms with van der Waals surface area (Å²) >= 11 is 0. The lowest BCUT2D eigenvalue weighted by Gasteiger charge is -2.29. The van der Waals surface area contributed by atoms with Crippen LogP contribution in [0.25, 0.3) is 11.0 Å². The molecule has 3 heterocycles. The van der Waals surface area contributed by atoms with Crippen molar-refractivity contribution in [1.29, 1.82) is 0 Å². The van der Waals surface area contributed by atoms with Crippen molar-refractivity contribution in [1.82, 2.24) is 20.9 Å². The van der Waals surface area contributed by atoms with Crippen LogP contribution in [-0.4, -0.2) is 60.1 Å². The maximum absolute atomic E-state index is 13.2. The highest BCUT2D eigenvalue weighted by Gasteiger charge is 2.53. The second-order valence-corrected chi connectivity index (χ2v) is 8.92. The van der Waals surface area contributed by atoms with Gasteiger partial charge < -0.3 is 29.8 Å². The average Bonchev–Trinajstić information content (AvgIpc) is 3.52. The zero-order valence-corrected chi connectivity index (χ0v) is 19.6. The van der Waals surface area contributed by atoms with Crippen LogP contribution in [0.2, 0.25) is 0 Å². The largest absolute Gasteiger partial charge is 0.497 e. The van der Waals surface area contributed by atoms with E-state index in [9.17, 15) is 24.3 Å². The molecule has 36 heavy (non-hydrogen) atoms. The average molecular weight is 492 g/mol. The molecule has 2 aliphatic heterocycles. The van der Waals surface area contributed by atoms with Gasteiger partial charge in [-0.15, -0.1) is 0 Å². The molecule has 2 aliphatic rings. The maximum Gasteiger partial charge on any atom is 0.322 e. The standard InChI is InChI=1S/C25H24N4O7/c1-13(11-30)26-21(31)15-4-3-14-8-20(36-19(14)7-15)25(23(33)27-24(34)28-25)12-29-10-16-5-6-17(35-2)9-18(16)22(29)32/h3-9,13,30H,10-12H2,1-2H3,(H,26,31)(H2,27,28,33,34)/t13-,25-/m0/s1. The van der Waals surface area contributed by atoms with E-state index in [0.717, 1.165) is 5.56 Å². The van der Waals surface area contributed by atoms with Gasteiger partial charge in [0.15, 0.2) is 5.54 Å². The molecule has 0 radical (unpaired) electrons. The molecule has 4 N–H and O–H groups in total. The summed E-state index contributed by atoms with van der Waals surface area (Å²) in [5, 5.41) is 17.3. The van der Waals surface area contributed by atoms with Crippen LogP contribution in [0.1, 0.15) is 39.0 Å². The van der Waals surface area contributed by atoms with Crippen molar-refractivity contribution < 1.29 is 33.4 Å². The van der Waals surface area contributed by atoms with Gasteiger partial charge in [0.05, 0.1) is 20.3 Å². The number of urea groups is 1. The van der Waals surface area contributed by atoms with Crippen LogP contribution < -0.4 is 20.7 Å². The predicted octanol–water partition coefficient (Wildman–Crippen LogP) is 1.24. The van der Waals surface area contributed by atoms with E-state index in [4.69, 9.17) is 9.15 Å². The molecule has 0 spiro atoms. The Bertz CT molecular complexity index is 1410. The Morgan fingerprint density at radius 1 is 1.22 bits per heavy atom. The molecule has 5 amide bonds. The number of aliphatic hydroxyl groups is 1. The number of carbonyl (C=O) groups excluding carboxylic acids is 4. The third-order valence-electron chi connectivity index (χ3n) is 6.42. The van der Waals surface area contributed by atoms with E-state index in [1.807, 2.05) is 0 Å². The topological polar surface area (TPSA) is 150 Å². The molecule has 2 aromatic carbocycles. The first-order chi connectivity index (χ1) is 17.2. The van der Waals surface area contributed by atoms with Gasteiger partial charge in [0, 0.05) is 29.1 Å². The maximum atomic E-state index is 13.2. The van der Waals surface area contributed by atoms with Crippen molar-refractivity contribution >= 4 is 34.7 Å². The van der Waals surface area contributed by atoms with Gasteiger partial charge in [-0.1, -0.05) is 12.1 Å². The van der Waals surface area contributed by atoms with Gasteiger partial charge in [0.25, 0.3) is 17.7 Å². The predicted molar refractivity (Wildman–Crippen MR) is 126 cm³/mol. The van der Waals surface area contributed by atoms with E-state index in [1.54, 1.807) is 43.3 Å².